The van der Waals surface area contributed by atoms with Crippen molar-refractivity contribution in [2.24, 2.45) is 0 Å². The molecule has 0 aromatic carbocycles. The molecule has 150 valence electrons. The van der Waals surface area contributed by atoms with Gasteiger partial charge in [-0.3, -0.25) is 0 Å². The van der Waals surface area contributed by atoms with Crippen LogP contribution in [0.2, 0.25) is 0 Å². The van der Waals surface area contributed by atoms with E-state index in [1.54, 1.807) is 0 Å². The third-order valence-corrected chi connectivity index (χ3v) is 2.79. The summed E-state index contributed by atoms with van der Waals surface area (Å²) in [5.74, 6) is -42.8. The van der Waals surface area contributed by atoms with Crippen LogP contribution in [-0.2, 0) is 4.74 Å². The lowest BCUT2D eigenvalue weighted by molar-refractivity contribution is -0.427. The van der Waals surface area contributed by atoms with Crippen LogP contribution in [0, 0.1) is 0 Å². The van der Waals surface area contributed by atoms with Crippen molar-refractivity contribution >= 4 is 0 Å². The molecule has 14 heteroatoms. The van der Waals surface area contributed by atoms with Crippen LogP contribution in [0.1, 0.15) is 0 Å². The van der Waals surface area contributed by atoms with Crippen LogP contribution in [0.3, 0.4) is 0 Å². The molecule has 0 rings (SSSR count). The highest BCUT2D eigenvalue weighted by Crippen LogP contribution is 2.59. The molecule has 0 saturated heterocycles. The van der Waals surface area contributed by atoms with Crippen molar-refractivity contribution in [2.45, 2.75) is 35.5 Å². The van der Waals surface area contributed by atoms with Gasteiger partial charge < -0.3 is 4.74 Å². The van der Waals surface area contributed by atoms with Gasteiger partial charge in [0.1, 0.15) is 6.61 Å². The topological polar surface area (TPSA) is 9.23 Å². The summed E-state index contributed by atoms with van der Waals surface area (Å²) < 4.78 is 171. The number of rotatable bonds is 10. The molecule has 0 unspecified atom stereocenters. The van der Waals surface area contributed by atoms with E-state index in [0.29, 0.717) is 6.08 Å². The Balaban J connectivity index is 6.03. The Labute approximate surface area is 131 Å². The fourth-order valence-corrected chi connectivity index (χ4v) is 1.30. The molecule has 0 spiro atoms. The maximum absolute atomic E-state index is 13.2. The van der Waals surface area contributed by atoms with E-state index in [1.165, 1.54) is 0 Å². The largest absolute Gasteiger partial charge is 0.384 e. The van der Waals surface area contributed by atoms with Gasteiger partial charge in [0.05, 0.1) is 6.61 Å². The predicted octanol–water partition coefficient (Wildman–Crippen LogP) is 4.97. The number of hydrogen-bond acceptors (Lipinski definition) is 1. The van der Waals surface area contributed by atoms with E-state index in [9.17, 15) is 57.1 Å². The Hall–Kier alpha value is -1.21. The molecule has 0 fully saturated rings. The fraction of sp³-hybridized carbons (Fsp3) is 0.818. The molecule has 0 N–H and O–H groups in total. The van der Waals surface area contributed by atoms with E-state index >= 15 is 0 Å². The Morgan fingerprint density at radius 3 is 1.32 bits per heavy atom. The minimum atomic E-state index is -7.75. The Morgan fingerprint density at radius 2 is 1.00 bits per heavy atom. The lowest BCUT2D eigenvalue weighted by atomic mass is 9.92. The summed E-state index contributed by atoms with van der Waals surface area (Å²) in [6.07, 6.45) is 0.664. The second-order valence-electron chi connectivity index (χ2n) is 4.64. The molecule has 0 radical (unpaired) electrons. The van der Waals surface area contributed by atoms with Gasteiger partial charge in [-0.05, 0) is 0 Å². The second kappa shape index (κ2) is 6.83. The Bertz CT molecular complexity index is 471. The molecule has 0 aliphatic carbocycles. The van der Waals surface area contributed by atoms with Crippen LogP contribution in [0.5, 0.6) is 0 Å². The summed E-state index contributed by atoms with van der Waals surface area (Å²) in [6.45, 7) is -4.38. The van der Waals surface area contributed by atoms with Crippen LogP contribution in [-0.4, -0.2) is 55.4 Å². The highest BCUT2D eigenvalue weighted by atomic mass is 19.4. The third kappa shape index (κ3) is 3.53. The maximum Gasteiger partial charge on any atom is 0.384 e. The van der Waals surface area contributed by atoms with E-state index in [2.05, 4.69) is 11.3 Å². The molecule has 25 heavy (non-hydrogen) atoms. The fourth-order valence-electron chi connectivity index (χ4n) is 1.30. The predicted molar refractivity (Wildman–Crippen MR) is 56.7 cm³/mol. The van der Waals surface area contributed by atoms with E-state index in [4.69, 9.17) is 0 Å². The molecule has 0 atom stereocenters. The van der Waals surface area contributed by atoms with Crippen molar-refractivity contribution in [3.63, 3.8) is 0 Å². The van der Waals surface area contributed by atoms with Crippen molar-refractivity contribution in [2.75, 3.05) is 19.9 Å². The average molecular weight is 404 g/mol. The third-order valence-electron chi connectivity index (χ3n) is 2.79. The quantitative estimate of drug-likeness (QED) is 0.284. The Morgan fingerprint density at radius 1 is 0.640 bits per heavy atom. The minimum Gasteiger partial charge on any atom is -0.371 e. The molecule has 0 aromatic heterocycles. The zero-order valence-corrected chi connectivity index (χ0v) is 11.7. The van der Waals surface area contributed by atoms with Gasteiger partial charge in [0.25, 0.3) is 0 Å². The zero-order chi connectivity index (χ0) is 20.5. The van der Waals surface area contributed by atoms with Gasteiger partial charge in [-0.25, -0.2) is 4.39 Å². The normalized spacial score (nSPS) is 15.4. The van der Waals surface area contributed by atoms with Crippen molar-refractivity contribution in [1.29, 1.82) is 0 Å². The molecular weight excluding hydrogens is 395 g/mol. The summed E-state index contributed by atoms with van der Waals surface area (Å²) in [6, 6.07) is 0. The molecule has 0 heterocycles. The number of ether oxygens (including phenoxy) is 1. The second-order valence-corrected chi connectivity index (χ2v) is 4.64. The average Bonchev–Trinajstić information content (AvgIpc) is 2.46. The van der Waals surface area contributed by atoms with Gasteiger partial charge in [0, 0.05) is 0 Å². The monoisotopic (exact) mass is 404 g/mol. The Kier molecular flexibility index (Phi) is 6.50. The van der Waals surface area contributed by atoms with Gasteiger partial charge in [-0.2, -0.15) is 52.7 Å². The number of hydrogen-bond donors (Lipinski definition) is 0. The summed E-state index contributed by atoms with van der Waals surface area (Å²) in [7, 11) is 0. The van der Waals surface area contributed by atoms with E-state index in [-0.39, 0.29) is 0 Å². The summed E-state index contributed by atoms with van der Waals surface area (Å²) in [5.41, 5.74) is 0. The molecule has 0 aliphatic heterocycles. The first-order valence-electron chi connectivity index (χ1n) is 5.89. The van der Waals surface area contributed by atoms with E-state index < -0.39 is 55.4 Å². The molecule has 0 aromatic rings. The molecule has 1 nitrogen and oxygen atoms in total. The summed E-state index contributed by atoms with van der Waals surface area (Å²) >= 11 is 0. The molecule has 0 bridgehead atoms. The lowest BCUT2D eigenvalue weighted by Crippen LogP contribution is -2.71. The van der Waals surface area contributed by atoms with Gasteiger partial charge >= 0.3 is 35.5 Å². The van der Waals surface area contributed by atoms with Crippen molar-refractivity contribution in [1.82, 2.24) is 0 Å². The lowest BCUT2D eigenvalue weighted by Gasteiger charge is -2.40. The first-order valence-corrected chi connectivity index (χ1v) is 5.89. The SMILES string of the molecule is C=CCOCC(F)(F)C(F)(F)C(F)(F)C(F)(F)C(F)(F)C(F)(F)CF. The highest BCUT2D eigenvalue weighted by Gasteiger charge is 2.90. The van der Waals surface area contributed by atoms with E-state index in [1.807, 2.05) is 0 Å². The van der Waals surface area contributed by atoms with Crippen LogP contribution in [0.4, 0.5) is 57.1 Å². The molecular formula is C11H9F13O. The first kappa shape index (κ1) is 23.8. The van der Waals surface area contributed by atoms with Crippen LogP contribution < -0.4 is 0 Å². The zero-order valence-electron chi connectivity index (χ0n) is 11.7. The number of alkyl halides is 13. The smallest absolute Gasteiger partial charge is 0.371 e. The van der Waals surface area contributed by atoms with Crippen LogP contribution >= 0.6 is 0 Å². The summed E-state index contributed by atoms with van der Waals surface area (Å²) in [4.78, 5) is 0. The van der Waals surface area contributed by atoms with Crippen molar-refractivity contribution in [3.05, 3.63) is 12.7 Å². The van der Waals surface area contributed by atoms with Crippen molar-refractivity contribution < 1.29 is 61.8 Å². The minimum absolute atomic E-state index is 0.664. The summed E-state index contributed by atoms with van der Waals surface area (Å²) in [5, 5.41) is 0. The number of halogens is 13. The van der Waals surface area contributed by atoms with Crippen LogP contribution in [0.25, 0.3) is 0 Å². The van der Waals surface area contributed by atoms with Gasteiger partial charge in [-0.1, -0.05) is 6.08 Å². The van der Waals surface area contributed by atoms with Gasteiger partial charge in [0.15, 0.2) is 6.67 Å². The standard InChI is InChI=1S/C11H9F13O/c1-2-3-25-5-7(15,16)9(19,20)11(23,24)10(21,22)8(17,18)6(13,14)4-12/h2H,1,3-5H2. The first-order chi connectivity index (χ1) is 10.9. The molecule has 0 aliphatic rings. The molecule has 0 saturated carbocycles. The van der Waals surface area contributed by atoms with Gasteiger partial charge in [-0.15, -0.1) is 6.58 Å². The van der Waals surface area contributed by atoms with E-state index in [0.717, 1.165) is 0 Å². The van der Waals surface area contributed by atoms with Crippen LogP contribution in [0.15, 0.2) is 12.7 Å². The van der Waals surface area contributed by atoms with Crippen molar-refractivity contribution in [3.8, 4) is 0 Å². The maximum atomic E-state index is 13.2. The van der Waals surface area contributed by atoms with Gasteiger partial charge in [0.2, 0.25) is 0 Å². The highest BCUT2D eigenvalue weighted by molar-refractivity contribution is 5.11. The molecule has 0 amide bonds.